The Morgan fingerprint density at radius 1 is 1.04 bits per heavy atom. The fourth-order valence-electron chi connectivity index (χ4n) is 2.04. The predicted octanol–water partition coefficient (Wildman–Crippen LogP) is 2.22. The number of nitrogens with one attached hydrogen (secondary N) is 2. The summed E-state index contributed by atoms with van der Waals surface area (Å²) in [5, 5.41) is 4.44. The number of esters is 1. The molecule has 0 aliphatic heterocycles. The molecule has 8 nitrogen and oxygen atoms in total. The van der Waals surface area contributed by atoms with Gasteiger partial charge in [-0.15, -0.1) is 0 Å². The standard InChI is InChI=1S/C19H26N2O6/c1-4-12-26-15-8-6-14(7-9-15)16(22)10-11-17(23)27-13(3)18(24)21-19(25)20-5-2/h6-9,13H,4-5,10-12H2,1-3H3,(H2,20,21,24,25). The van der Waals surface area contributed by atoms with Crippen molar-refractivity contribution in [2.24, 2.45) is 0 Å². The quantitative estimate of drug-likeness (QED) is 0.477. The van der Waals surface area contributed by atoms with Crippen molar-refractivity contribution in [2.45, 2.75) is 46.1 Å². The number of carbonyl (C=O) groups excluding carboxylic acids is 4. The van der Waals surface area contributed by atoms with E-state index in [2.05, 4.69) is 10.6 Å². The van der Waals surface area contributed by atoms with Crippen LogP contribution in [-0.2, 0) is 14.3 Å². The highest BCUT2D eigenvalue weighted by Gasteiger charge is 2.20. The topological polar surface area (TPSA) is 111 Å². The summed E-state index contributed by atoms with van der Waals surface area (Å²) in [6, 6.07) is 6.03. The van der Waals surface area contributed by atoms with E-state index in [-0.39, 0.29) is 18.6 Å². The number of urea groups is 1. The van der Waals surface area contributed by atoms with E-state index in [0.717, 1.165) is 6.42 Å². The first-order valence-electron chi connectivity index (χ1n) is 8.91. The average molecular weight is 378 g/mol. The fraction of sp³-hybridized carbons (Fsp3) is 0.474. The van der Waals surface area contributed by atoms with Gasteiger partial charge in [0.25, 0.3) is 5.91 Å². The fourth-order valence-corrected chi connectivity index (χ4v) is 2.04. The van der Waals surface area contributed by atoms with E-state index in [1.54, 1.807) is 31.2 Å². The monoisotopic (exact) mass is 378 g/mol. The summed E-state index contributed by atoms with van der Waals surface area (Å²) in [4.78, 5) is 46.9. The minimum absolute atomic E-state index is 0.0430. The average Bonchev–Trinajstić information content (AvgIpc) is 2.64. The first kappa shape index (κ1) is 22.1. The summed E-state index contributed by atoms with van der Waals surface area (Å²) < 4.78 is 10.4. The molecular weight excluding hydrogens is 352 g/mol. The SMILES string of the molecule is CCCOc1ccc(C(=O)CCC(=O)OC(C)C(=O)NC(=O)NCC)cc1. The Morgan fingerprint density at radius 2 is 1.70 bits per heavy atom. The normalized spacial score (nSPS) is 11.2. The third-order valence-electron chi connectivity index (χ3n) is 3.46. The van der Waals surface area contributed by atoms with E-state index in [4.69, 9.17) is 9.47 Å². The molecule has 0 bridgehead atoms. The van der Waals surface area contributed by atoms with Gasteiger partial charge < -0.3 is 14.8 Å². The number of amides is 3. The van der Waals surface area contributed by atoms with E-state index >= 15 is 0 Å². The van der Waals surface area contributed by atoms with Crippen molar-refractivity contribution in [1.29, 1.82) is 0 Å². The van der Waals surface area contributed by atoms with Crippen molar-refractivity contribution in [1.82, 2.24) is 10.6 Å². The van der Waals surface area contributed by atoms with E-state index in [9.17, 15) is 19.2 Å². The lowest BCUT2D eigenvalue weighted by Crippen LogP contribution is -2.44. The smallest absolute Gasteiger partial charge is 0.321 e. The molecule has 1 atom stereocenters. The third kappa shape index (κ3) is 8.35. The number of ether oxygens (including phenoxy) is 2. The number of imide groups is 1. The van der Waals surface area contributed by atoms with Crippen LogP contribution in [0.4, 0.5) is 4.79 Å². The van der Waals surface area contributed by atoms with Gasteiger partial charge in [0.15, 0.2) is 11.9 Å². The van der Waals surface area contributed by atoms with Gasteiger partial charge in [0, 0.05) is 18.5 Å². The highest BCUT2D eigenvalue weighted by atomic mass is 16.5. The molecule has 0 saturated carbocycles. The third-order valence-corrected chi connectivity index (χ3v) is 3.46. The number of hydrogen-bond donors (Lipinski definition) is 2. The van der Waals surface area contributed by atoms with E-state index in [1.165, 1.54) is 6.92 Å². The number of Topliss-reactive ketones (excluding diaryl/α,β-unsaturated/α-hetero) is 1. The summed E-state index contributed by atoms with van der Waals surface area (Å²) in [5.41, 5.74) is 0.466. The van der Waals surface area contributed by atoms with E-state index in [1.807, 2.05) is 6.92 Å². The molecule has 0 fully saturated rings. The largest absolute Gasteiger partial charge is 0.494 e. The molecule has 0 saturated heterocycles. The maximum Gasteiger partial charge on any atom is 0.321 e. The van der Waals surface area contributed by atoms with Gasteiger partial charge in [-0.3, -0.25) is 19.7 Å². The van der Waals surface area contributed by atoms with Crippen LogP contribution in [0.2, 0.25) is 0 Å². The van der Waals surface area contributed by atoms with Crippen molar-refractivity contribution in [3.8, 4) is 5.75 Å². The minimum atomic E-state index is -1.13. The second-order valence-electron chi connectivity index (χ2n) is 5.78. The molecule has 0 radical (unpaired) electrons. The number of rotatable bonds is 10. The van der Waals surface area contributed by atoms with Crippen molar-refractivity contribution in [2.75, 3.05) is 13.2 Å². The Bertz CT molecular complexity index is 657. The van der Waals surface area contributed by atoms with Gasteiger partial charge in [-0.2, -0.15) is 0 Å². The van der Waals surface area contributed by atoms with Gasteiger partial charge in [-0.05, 0) is 44.5 Å². The van der Waals surface area contributed by atoms with Gasteiger partial charge in [0.1, 0.15) is 5.75 Å². The van der Waals surface area contributed by atoms with Crippen LogP contribution in [-0.4, -0.2) is 42.9 Å². The molecule has 2 N–H and O–H groups in total. The second kappa shape index (κ2) is 11.7. The summed E-state index contributed by atoms with van der Waals surface area (Å²) in [6.07, 6.45) is -0.447. The zero-order valence-corrected chi connectivity index (χ0v) is 15.9. The van der Waals surface area contributed by atoms with Crippen molar-refractivity contribution < 1.29 is 28.7 Å². The first-order valence-corrected chi connectivity index (χ1v) is 8.91. The molecule has 1 unspecified atom stereocenters. The molecule has 8 heteroatoms. The van der Waals surface area contributed by atoms with Gasteiger partial charge in [0.05, 0.1) is 13.0 Å². The van der Waals surface area contributed by atoms with Gasteiger partial charge in [-0.1, -0.05) is 6.92 Å². The van der Waals surface area contributed by atoms with Crippen LogP contribution < -0.4 is 15.4 Å². The Balaban J connectivity index is 2.41. The Kier molecular flexibility index (Phi) is 9.57. The van der Waals surface area contributed by atoms with Crippen molar-refractivity contribution >= 4 is 23.7 Å². The molecule has 0 heterocycles. The number of ketones is 1. The predicted molar refractivity (Wildman–Crippen MR) is 98.6 cm³/mol. The lowest BCUT2D eigenvalue weighted by molar-refractivity contribution is -0.154. The zero-order chi connectivity index (χ0) is 20.2. The summed E-state index contributed by atoms with van der Waals surface area (Å²) in [6.45, 7) is 6.02. The van der Waals surface area contributed by atoms with Crippen LogP contribution in [0.1, 0.15) is 50.4 Å². The highest BCUT2D eigenvalue weighted by molar-refractivity contribution is 5.98. The Labute approximate surface area is 158 Å². The highest BCUT2D eigenvalue weighted by Crippen LogP contribution is 2.14. The zero-order valence-electron chi connectivity index (χ0n) is 15.9. The molecule has 0 spiro atoms. The summed E-state index contributed by atoms with van der Waals surface area (Å²) >= 11 is 0. The Hall–Kier alpha value is -2.90. The Morgan fingerprint density at radius 3 is 2.30 bits per heavy atom. The maximum absolute atomic E-state index is 12.1. The van der Waals surface area contributed by atoms with Crippen molar-refractivity contribution in [3.05, 3.63) is 29.8 Å². The number of hydrogen-bond acceptors (Lipinski definition) is 6. The van der Waals surface area contributed by atoms with Crippen LogP contribution in [0.3, 0.4) is 0 Å². The van der Waals surface area contributed by atoms with E-state index in [0.29, 0.717) is 24.5 Å². The molecule has 0 aromatic heterocycles. The molecule has 1 rings (SSSR count). The molecule has 3 amide bonds. The lowest BCUT2D eigenvalue weighted by Gasteiger charge is -2.13. The molecule has 0 aliphatic carbocycles. The molecular formula is C19H26N2O6. The minimum Gasteiger partial charge on any atom is -0.494 e. The number of carbonyl (C=O) groups is 4. The van der Waals surface area contributed by atoms with E-state index < -0.39 is 24.0 Å². The van der Waals surface area contributed by atoms with Crippen LogP contribution in [0.15, 0.2) is 24.3 Å². The van der Waals surface area contributed by atoms with Gasteiger partial charge in [0.2, 0.25) is 0 Å². The second-order valence-corrected chi connectivity index (χ2v) is 5.78. The molecule has 1 aromatic carbocycles. The lowest BCUT2D eigenvalue weighted by atomic mass is 10.1. The van der Waals surface area contributed by atoms with Gasteiger partial charge >= 0.3 is 12.0 Å². The van der Waals surface area contributed by atoms with Crippen molar-refractivity contribution in [3.63, 3.8) is 0 Å². The molecule has 1 aromatic rings. The van der Waals surface area contributed by atoms with Gasteiger partial charge in [-0.25, -0.2) is 4.79 Å². The number of benzene rings is 1. The summed E-state index contributed by atoms with van der Waals surface area (Å²) in [7, 11) is 0. The molecule has 0 aliphatic rings. The van der Waals surface area contributed by atoms with Crippen LogP contribution in [0.25, 0.3) is 0 Å². The molecule has 148 valence electrons. The van der Waals surface area contributed by atoms with Crippen LogP contribution >= 0.6 is 0 Å². The first-order chi connectivity index (χ1) is 12.9. The summed E-state index contributed by atoms with van der Waals surface area (Å²) in [5.74, 6) is -0.957. The van der Waals surface area contributed by atoms with Crippen LogP contribution in [0.5, 0.6) is 5.75 Å². The van der Waals surface area contributed by atoms with Crippen LogP contribution in [0, 0.1) is 0 Å². The maximum atomic E-state index is 12.1. The molecule has 27 heavy (non-hydrogen) atoms.